The van der Waals surface area contributed by atoms with E-state index in [4.69, 9.17) is 0 Å². The lowest BCUT2D eigenvalue weighted by Crippen LogP contribution is -2.18. The first-order chi connectivity index (χ1) is 9.76. The Kier molecular flexibility index (Phi) is 5.90. The molecule has 0 spiro atoms. The largest absolute Gasteiger partial charge is 0.466 e. The second kappa shape index (κ2) is 7.03. The molecule has 0 saturated carbocycles. The Balaban J connectivity index is 3.55. The van der Waals surface area contributed by atoms with Crippen LogP contribution in [0.2, 0.25) is 0 Å². The first-order valence-corrected chi connectivity index (χ1v) is 8.34. The molecule has 5 nitrogen and oxygen atoms in total. The number of rotatable bonds is 5. The predicted molar refractivity (Wildman–Crippen MR) is 82.7 cm³/mol. The summed E-state index contributed by atoms with van der Waals surface area (Å²) in [5.41, 5.74) is 2.79. The maximum absolute atomic E-state index is 11.8. The fourth-order valence-electron chi connectivity index (χ4n) is 2.37. The number of methoxy groups -OCH3 is 1. The summed E-state index contributed by atoms with van der Waals surface area (Å²) in [4.78, 5) is 30.4. The SMILES string of the molecule is CCc1cc(C=CC(=O)OC)c(C)c(CC)c1P(=O)(O)O. The lowest BCUT2D eigenvalue weighted by Gasteiger charge is -2.19. The molecule has 0 atom stereocenters. The summed E-state index contributed by atoms with van der Waals surface area (Å²) < 4.78 is 16.3. The maximum Gasteiger partial charge on any atom is 0.356 e. The van der Waals surface area contributed by atoms with E-state index < -0.39 is 13.6 Å². The molecule has 0 amide bonds. The van der Waals surface area contributed by atoms with Gasteiger partial charge in [0.05, 0.1) is 12.4 Å². The zero-order chi connectivity index (χ0) is 16.2. The summed E-state index contributed by atoms with van der Waals surface area (Å²) in [5, 5.41) is 0.125. The second-order valence-corrected chi connectivity index (χ2v) is 6.22. The van der Waals surface area contributed by atoms with Crippen molar-refractivity contribution in [1.82, 2.24) is 0 Å². The summed E-state index contributed by atoms with van der Waals surface area (Å²) in [7, 11) is -3.04. The van der Waals surface area contributed by atoms with Crippen LogP contribution in [0.25, 0.3) is 6.08 Å². The Morgan fingerprint density at radius 3 is 2.38 bits per heavy atom. The van der Waals surface area contributed by atoms with Crippen molar-refractivity contribution in [3.63, 3.8) is 0 Å². The van der Waals surface area contributed by atoms with Gasteiger partial charge < -0.3 is 14.5 Å². The molecular formula is C15H21O5P. The van der Waals surface area contributed by atoms with Crippen LogP contribution in [0.4, 0.5) is 0 Å². The molecule has 0 saturated heterocycles. The van der Waals surface area contributed by atoms with E-state index in [1.165, 1.54) is 13.2 Å². The highest BCUT2D eigenvalue weighted by Crippen LogP contribution is 2.38. The Hall–Kier alpha value is -1.42. The minimum absolute atomic E-state index is 0.125. The Morgan fingerprint density at radius 1 is 1.33 bits per heavy atom. The molecule has 0 heterocycles. The monoisotopic (exact) mass is 312 g/mol. The maximum atomic E-state index is 11.8. The van der Waals surface area contributed by atoms with Crippen LogP contribution in [0.15, 0.2) is 12.1 Å². The summed E-state index contributed by atoms with van der Waals surface area (Å²) in [6, 6.07) is 1.72. The fraction of sp³-hybridized carbons (Fsp3) is 0.400. The van der Waals surface area contributed by atoms with Crippen molar-refractivity contribution in [2.45, 2.75) is 33.6 Å². The van der Waals surface area contributed by atoms with Gasteiger partial charge in [-0.1, -0.05) is 19.9 Å². The predicted octanol–water partition coefficient (Wildman–Crippen LogP) is 2.11. The number of hydrogen-bond donors (Lipinski definition) is 2. The van der Waals surface area contributed by atoms with Gasteiger partial charge in [-0.3, -0.25) is 4.57 Å². The summed E-state index contributed by atoms with van der Waals surface area (Å²) in [6.45, 7) is 5.50. The summed E-state index contributed by atoms with van der Waals surface area (Å²) in [6.07, 6.45) is 3.94. The molecule has 0 aliphatic heterocycles. The zero-order valence-corrected chi connectivity index (χ0v) is 13.6. The second-order valence-electron chi connectivity index (χ2n) is 4.68. The van der Waals surface area contributed by atoms with Gasteiger partial charge in [0, 0.05) is 6.08 Å². The van der Waals surface area contributed by atoms with Crippen LogP contribution in [-0.4, -0.2) is 22.9 Å². The molecule has 0 aromatic heterocycles. The third-order valence-corrected chi connectivity index (χ3v) is 4.57. The van der Waals surface area contributed by atoms with Gasteiger partial charge in [0.1, 0.15) is 0 Å². The topological polar surface area (TPSA) is 83.8 Å². The Bertz CT molecular complexity index is 613. The normalized spacial score (nSPS) is 11.9. The van der Waals surface area contributed by atoms with E-state index in [2.05, 4.69) is 4.74 Å². The van der Waals surface area contributed by atoms with Crippen molar-refractivity contribution < 1.29 is 23.9 Å². The molecule has 1 aromatic rings. The lowest BCUT2D eigenvalue weighted by atomic mass is 9.95. The standard InChI is InChI=1S/C15H21O5P/c1-5-11-9-12(7-8-14(16)20-4)10(3)13(6-2)15(11)21(17,18)19/h7-9H,5-6H2,1-4H3,(H2,17,18,19). The van der Waals surface area contributed by atoms with E-state index in [9.17, 15) is 19.1 Å². The number of esters is 1. The number of ether oxygens (including phenoxy) is 1. The molecule has 0 radical (unpaired) electrons. The molecule has 0 unspecified atom stereocenters. The smallest absolute Gasteiger partial charge is 0.356 e. The lowest BCUT2D eigenvalue weighted by molar-refractivity contribution is -0.134. The minimum atomic E-state index is -4.33. The highest BCUT2D eigenvalue weighted by atomic mass is 31.2. The van der Waals surface area contributed by atoms with E-state index in [1.807, 2.05) is 13.8 Å². The molecule has 1 aromatic carbocycles. The van der Waals surface area contributed by atoms with Crippen molar-refractivity contribution in [1.29, 1.82) is 0 Å². The van der Waals surface area contributed by atoms with Gasteiger partial charge in [-0.15, -0.1) is 0 Å². The molecule has 0 bridgehead atoms. The number of carbonyl (C=O) groups excluding carboxylic acids is 1. The molecule has 2 N–H and O–H groups in total. The van der Waals surface area contributed by atoms with Crippen LogP contribution >= 0.6 is 7.60 Å². The van der Waals surface area contributed by atoms with Crippen LogP contribution in [0.3, 0.4) is 0 Å². The molecule has 21 heavy (non-hydrogen) atoms. The van der Waals surface area contributed by atoms with Crippen LogP contribution in [0, 0.1) is 6.92 Å². The third-order valence-electron chi connectivity index (χ3n) is 3.43. The van der Waals surface area contributed by atoms with E-state index >= 15 is 0 Å². The first-order valence-electron chi connectivity index (χ1n) is 6.73. The summed E-state index contributed by atoms with van der Waals surface area (Å²) >= 11 is 0. The average Bonchev–Trinajstić information content (AvgIpc) is 2.43. The average molecular weight is 312 g/mol. The van der Waals surface area contributed by atoms with Gasteiger partial charge >= 0.3 is 13.6 Å². The molecule has 116 valence electrons. The van der Waals surface area contributed by atoms with Crippen molar-refractivity contribution >= 4 is 24.9 Å². The molecule has 6 heteroatoms. The van der Waals surface area contributed by atoms with Gasteiger partial charge in [-0.05, 0) is 48.1 Å². The molecule has 1 rings (SSSR count). The van der Waals surface area contributed by atoms with Crippen LogP contribution in [-0.2, 0) is 26.9 Å². The van der Waals surface area contributed by atoms with E-state index in [-0.39, 0.29) is 5.30 Å². The van der Waals surface area contributed by atoms with Crippen LogP contribution in [0.1, 0.15) is 36.1 Å². The van der Waals surface area contributed by atoms with E-state index in [0.29, 0.717) is 24.0 Å². The Morgan fingerprint density at radius 2 is 1.95 bits per heavy atom. The van der Waals surface area contributed by atoms with Gasteiger partial charge in [0.25, 0.3) is 0 Å². The van der Waals surface area contributed by atoms with Crippen molar-refractivity contribution in [3.05, 3.63) is 34.4 Å². The number of aryl methyl sites for hydroxylation is 1. The van der Waals surface area contributed by atoms with Gasteiger partial charge in [-0.25, -0.2) is 4.79 Å². The fourth-order valence-corrected chi connectivity index (χ4v) is 3.65. The zero-order valence-electron chi connectivity index (χ0n) is 12.7. The van der Waals surface area contributed by atoms with Crippen molar-refractivity contribution in [2.24, 2.45) is 0 Å². The van der Waals surface area contributed by atoms with Crippen molar-refractivity contribution in [2.75, 3.05) is 7.11 Å². The van der Waals surface area contributed by atoms with Crippen LogP contribution in [0.5, 0.6) is 0 Å². The minimum Gasteiger partial charge on any atom is -0.466 e. The highest BCUT2D eigenvalue weighted by molar-refractivity contribution is 7.60. The highest BCUT2D eigenvalue weighted by Gasteiger charge is 2.26. The summed E-state index contributed by atoms with van der Waals surface area (Å²) in [5.74, 6) is -0.468. The molecular weight excluding hydrogens is 291 g/mol. The van der Waals surface area contributed by atoms with Gasteiger partial charge in [0.2, 0.25) is 0 Å². The van der Waals surface area contributed by atoms with E-state index in [1.54, 1.807) is 19.1 Å². The van der Waals surface area contributed by atoms with E-state index in [0.717, 1.165) is 11.1 Å². The van der Waals surface area contributed by atoms with Gasteiger partial charge in [0.15, 0.2) is 0 Å². The Labute approximate surface area is 124 Å². The van der Waals surface area contributed by atoms with Crippen LogP contribution < -0.4 is 5.30 Å². The molecule has 0 aliphatic carbocycles. The molecule has 0 aliphatic rings. The number of carbonyl (C=O) groups is 1. The van der Waals surface area contributed by atoms with Gasteiger partial charge in [-0.2, -0.15) is 0 Å². The molecule has 0 fully saturated rings. The third kappa shape index (κ3) is 4.03. The number of benzene rings is 1. The quantitative estimate of drug-likeness (QED) is 0.494. The van der Waals surface area contributed by atoms with Crippen molar-refractivity contribution in [3.8, 4) is 0 Å². The first kappa shape index (κ1) is 17.6. The number of hydrogen-bond acceptors (Lipinski definition) is 3.